The van der Waals surface area contributed by atoms with Gasteiger partial charge < -0.3 is 10.6 Å². The van der Waals surface area contributed by atoms with E-state index in [0.29, 0.717) is 18.4 Å². The van der Waals surface area contributed by atoms with Crippen LogP contribution >= 0.6 is 0 Å². The lowest BCUT2D eigenvalue weighted by Gasteiger charge is -2.24. The van der Waals surface area contributed by atoms with Crippen molar-refractivity contribution in [2.45, 2.75) is 68.7 Å². The maximum atomic E-state index is 12.8. The molecule has 19 heavy (non-hydrogen) atoms. The lowest BCUT2D eigenvalue weighted by Crippen LogP contribution is -2.53. The van der Waals surface area contributed by atoms with Crippen molar-refractivity contribution in [1.82, 2.24) is 10.6 Å². The Bertz CT molecular complexity index is 365. The van der Waals surface area contributed by atoms with Gasteiger partial charge in [-0.05, 0) is 38.0 Å². The first kappa shape index (κ1) is 13.2. The number of amides is 1. The van der Waals surface area contributed by atoms with Crippen LogP contribution in [0, 0.1) is 5.92 Å². The van der Waals surface area contributed by atoms with E-state index in [-0.39, 0.29) is 12.8 Å². The van der Waals surface area contributed by atoms with Gasteiger partial charge in [-0.25, -0.2) is 0 Å². The van der Waals surface area contributed by atoms with E-state index in [9.17, 15) is 18.0 Å². The normalized spacial score (nSPS) is 36.7. The molecule has 1 amide bonds. The van der Waals surface area contributed by atoms with Crippen molar-refractivity contribution in [1.29, 1.82) is 0 Å². The number of nitrogens with one attached hydrogen (secondary N) is 2. The molecule has 0 aromatic rings. The third kappa shape index (κ3) is 2.35. The summed E-state index contributed by atoms with van der Waals surface area (Å²) in [5.74, 6) is -0.00485. The number of carbonyl (C=O) groups excluding carboxylic acids is 1. The smallest absolute Gasteiger partial charge is 0.341 e. The molecule has 3 fully saturated rings. The molecule has 3 atom stereocenters. The summed E-state index contributed by atoms with van der Waals surface area (Å²) in [7, 11) is 0. The van der Waals surface area contributed by atoms with E-state index in [2.05, 4.69) is 10.6 Å². The first-order chi connectivity index (χ1) is 8.91. The van der Waals surface area contributed by atoms with Crippen LogP contribution in [0.2, 0.25) is 0 Å². The fourth-order valence-electron chi connectivity index (χ4n) is 3.45. The minimum absolute atomic E-state index is 0.0157. The molecule has 1 saturated heterocycles. The molecule has 108 valence electrons. The third-order valence-electron chi connectivity index (χ3n) is 4.83. The maximum Gasteiger partial charge on any atom is 0.411 e. The van der Waals surface area contributed by atoms with Gasteiger partial charge in [0.15, 0.2) is 0 Å². The molecule has 3 rings (SSSR count). The van der Waals surface area contributed by atoms with Crippen molar-refractivity contribution >= 4 is 5.91 Å². The topological polar surface area (TPSA) is 41.1 Å². The molecule has 0 aromatic heterocycles. The fraction of sp³-hybridized carbons (Fsp3) is 0.923. The average molecular weight is 276 g/mol. The van der Waals surface area contributed by atoms with Gasteiger partial charge in [-0.2, -0.15) is 13.2 Å². The summed E-state index contributed by atoms with van der Waals surface area (Å²) in [6.07, 6.45) is 0.839. The lowest BCUT2D eigenvalue weighted by molar-refractivity contribution is -0.170. The van der Waals surface area contributed by atoms with Crippen LogP contribution in [0.15, 0.2) is 0 Å². The molecule has 0 radical (unpaired) electrons. The van der Waals surface area contributed by atoms with Crippen molar-refractivity contribution in [2.75, 3.05) is 0 Å². The molecule has 0 bridgehead atoms. The second-order valence-corrected chi connectivity index (χ2v) is 6.18. The van der Waals surface area contributed by atoms with E-state index in [1.807, 2.05) is 0 Å². The van der Waals surface area contributed by atoms with Gasteiger partial charge in [0.25, 0.3) is 0 Å². The maximum absolute atomic E-state index is 12.8. The van der Waals surface area contributed by atoms with Crippen molar-refractivity contribution in [3.63, 3.8) is 0 Å². The molecule has 2 N–H and O–H groups in total. The van der Waals surface area contributed by atoms with Gasteiger partial charge in [-0.1, -0.05) is 12.8 Å². The predicted molar refractivity (Wildman–Crippen MR) is 63.4 cm³/mol. The number of hydrogen-bond acceptors (Lipinski definition) is 2. The number of carbonyl (C=O) groups is 1. The van der Waals surface area contributed by atoms with Gasteiger partial charge in [0.2, 0.25) is 5.91 Å². The SMILES string of the molecule is O=C(NC1(C(F)(F)F)CC1)C1CC2CCCCC2N1. The van der Waals surface area contributed by atoms with Crippen molar-refractivity contribution in [2.24, 2.45) is 5.92 Å². The Morgan fingerprint density at radius 1 is 1.21 bits per heavy atom. The highest BCUT2D eigenvalue weighted by atomic mass is 19.4. The van der Waals surface area contributed by atoms with Crippen LogP contribution in [0.25, 0.3) is 0 Å². The van der Waals surface area contributed by atoms with Gasteiger partial charge in [-0.3, -0.25) is 4.79 Å². The van der Waals surface area contributed by atoms with E-state index in [1.54, 1.807) is 0 Å². The Balaban J connectivity index is 1.60. The number of halogens is 3. The summed E-state index contributed by atoms with van der Waals surface area (Å²) in [6.45, 7) is 0. The molecule has 3 nitrogen and oxygen atoms in total. The molecular weight excluding hydrogens is 257 g/mol. The number of rotatable bonds is 2. The quantitative estimate of drug-likeness (QED) is 0.811. The van der Waals surface area contributed by atoms with E-state index in [1.165, 1.54) is 6.42 Å². The van der Waals surface area contributed by atoms with Gasteiger partial charge in [0.05, 0.1) is 6.04 Å². The van der Waals surface area contributed by atoms with Crippen LogP contribution in [-0.2, 0) is 4.79 Å². The second-order valence-electron chi connectivity index (χ2n) is 6.18. The summed E-state index contributed by atoms with van der Waals surface area (Å²) in [6, 6.07) is -0.113. The molecule has 3 aliphatic rings. The van der Waals surface area contributed by atoms with Gasteiger partial charge in [-0.15, -0.1) is 0 Å². The summed E-state index contributed by atoms with van der Waals surface area (Å²) < 4.78 is 38.4. The van der Waals surface area contributed by atoms with Crippen molar-refractivity contribution in [3.05, 3.63) is 0 Å². The molecule has 6 heteroatoms. The van der Waals surface area contributed by atoms with Crippen LogP contribution in [0.3, 0.4) is 0 Å². The minimum Gasteiger partial charge on any atom is -0.341 e. The van der Waals surface area contributed by atoms with Gasteiger partial charge in [0.1, 0.15) is 5.54 Å². The van der Waals surface area contributed by atoms with Crippen molar-refractivity contribution < 1.29 is 18.0 Å². The third-order valence-corrected chi connectivity index (χ3v) is 4.83. The van der Waals surface area contributed by atoms with Crippen LogP contribution in [0.1, 0.15) is 44.9 Å². The first-order valence-corrected chi connectivity index (χ1v) is 7.06. The highest BCUT2D eigenvalue weighted by Gasteiger charge is 2.64. The van der Waals surface area contributed by atoms with Crippen LogP contribution in [0.5, 0.6) is 0 Å². The molecule has 0 spiro atoms. The fourth-order valence-corrected chi connectivity index (χ4v) is 3.45. The van der Waals surface area contributed by atoms with E-state index >= 15 is 0 Å². The van der Waals surface area contributed by atoms with Gasteiger partial charge in [0, 0.05) is 6.04 Å². The summed E-state index contributed by atoms with van der Waals surface area (Å²) in [5.41, 5.74) is -1.93. The monoisotopic (exact) mass is 276 g/mol. The molecule has 1 heterocycles. The number of fused-ring (bicyclic) bond motifs is 1. The summed E-state index contributed by atoms with van der Waals surface area (Å²) in [4.78, 5) is 12.0. The zero-order valence-corrected chi connectivity index (χ0v) is 10.7. The van der Waals surface area contributed by atoms with E-state index < -0.39 is 23.7 Å². The average Bonchev–Trinajstić information content (AvgIpc) is 3.00. The van der Waals surface area contributed by atoms with Gasteiger partial charge >= 0.3 is 6.18 Å². The molecule has 3 unspecified atom stereocenters. The van der Waals surface area contributed by atoms with Crippen LogP contribution < -0.4 is 10.6 Å². The number of hydrogen-bond donors (Lipinski definition) is 2. The largest absolute Gasteiger partial charge is 0.411 e. The van der Waals surface area contributed by atoms with E-state index in [4.69, 9.17) is 0 Å². The highest BCUT2D eigenvalue weighted by Crippen LogP contribution is 2.49. The predicted octanol–water partition coefficient (Wildman–Crippen LogP) is 2.12. The lowest BCUT2D eigenvalue weighted by atomic mass is 9.85. The highest BCUT2D eigenvalue weighted by molar-refractivity contribution is 5.83. The summed E-state index contributed by atoms with van der Waals surface area (Å²) in [5, 5.41) is 5.45. The molecular formula is C13H19F3N2O. The Morgan fingerprint density at radius 3 is 2.47 bits per heavy atom. The van der Waals surface area contributed by atoms with E-state index in [0.717, 1.165) is 19.3 Å². The van der Waals surface area contributed by atoms with Crippen molar-refractivity contribution in [3.8, 4) is 0 Å². The standard InChI is InChI=1S/C13H19F3N2O/c14-13(15,16)12(5-6-12)18-11(19)10-7-8-3-1-2-4-9(8)17-10/h8-10,17H,1-7H2,(H,18,19). The second kappa shape index (κ2) is 4.36. The Hall–Kier alpha value is -0.780. The summed E-state index contributed by atoms with van der Waals surface area (Å²) >= 11 is 0. The van der Waals surface area contributed by atoms with Crippen LogP contribution in [0.4, 0.5) is 13.2 Å². The minimum atomic E-state index is -4.33. The zero-order valence-electron chi connectivity index (χ0n) is 10.7. The Labute approximate surface area is 110 Å². The van der Waals surface area contributed by atoms with Crippen LogP contribution in [-0.4, -0.2) is 29.7 Å². The molecule has 2 saturated carbocycles. The molecule has 2 aliphatic carbocycles. The molecule has 1 aliphatic heterocycles. The number of alkyl halides is 3. The Kier molecular flexibility index (Phi) is 3.04. The molecule has 0 aromatic carbocycles. The Morgan fingerprint density at radius 2 is 1.89 bits per heavy atom. The first-order valence-electron chi connectivity index (χ1n) is 7.06. The zero-order chi connectivity index (χ0) is 13.7.